The van der Waals surface area contributed by atoms with Gasteiger partial charge in [0.15, 0.2) is 0 Å². The topological polar surface area (TPSA) is 38.7 Å². The molecule has 0 spiro atoms. The van der Waals surface area contributed by atoms with E-state index in [1.54, 1.807) is 37.4 Å². The van der Waals surface area contributed by atoms with Crippen molar-refractivity contribution in [3.63, 3.8) is 0 Å². The summed E-state index contributed by atoms with van der Waals surface area (Å²) in [4.78, 5) is 0. The van der Waals surface area contributed by atoms with Crippen molar-refractivity contribution >= 4 is 15.9 Å². The Morgan fingerprint density at radius 3 is 2.43 bits per heavy atom. The Balaban J connectivity index is 2.27. The van der Waals surface area contributed by atoms with Crippen molar-refractivity contribution in [2.75, 3.05) is 7.11 Å². The van der Waals surface area contributed by atoms with Crippen LogP contribution in [0.2, 0.25) is 0 Å². The Bertz CT molecular complexity index is 620. The molecule has 0 aliphatic heterocycles. The van der Waals surface area contributed by atoms with Crippen molar-refractivity contribution in [2.45, 2.75) is 12.7 Å². The van der Waals surface area contributed by atoms with Gasteiger partial charge < -0.3 is 14.6 Å². The molecular formula is C15H13BrF2O3. The summed E-state index contributed by atoms with van der Waals surface area (Å²) >= 11 is 3.34. The van der Waals surface area contributed by atoms with E-state index in [4.69, 9.17) is 4.74 Å². The molecule has 0 saturated carbocycles. The predicted molar refractivity (Wildman–Crippen MR) is 77.8 cm³/mol. The molecule has 1 unspecified atom stereocenters. The zero-order valence-corrected chi connectivity index (χ0v) is 12.7. The van der Waals surface area contributed by atoms with Gasteiger partial charge in [-0.25, -0.2) is 0 Å². The summed E-state index contributed by atoms with van der Waals surface area (Å²) in [5, 5.41) is 10.3. The standard InChI is InChI=1S/C15H13BrF2O3/c1-20-13-6-5-10(8-12(13)16)14(19)9-3-2-4-11(7-9)21-15(17)18/h2-8,14-15,19H,1H3. The number of hydrogen-bond acceptors (Lipinski definition) is 3. The van der Waals surface area contributed by atoms with Crippen LogP contribution in [0.25, 0.3) is 0 Å². The van der Waals surface area contributed by atoms with Gasteiger partial charge >= 0.3 is 6.61 Å². The second-order valence-corrected chi connectivity index (χ2v) is 5.10. The van der Waals surface area contributed by atoms with Gasteiger partial charge in [0, 0.05) is 0 Å². The van der Waals surface area contributed by atoms with Gasteiger partial charge in [-0.1, -0.05) is 18.2 Å². The third-order valence-electron chi connectivity index (χ3n) is 2.89. The van der Waals surface area contributed by atoms with Crippen LogP contribution in [0.1, 0.15) is 17.2 Å². The van der Waals surface area contributed by atoms with Gasteiger partial charge in [0.25, 0.3) is 0 Å². The van der Waals surface area contributed by atoms with Gasteiger partial charge in [-0.15, -0.1) is 0 Å². The molecule has 0 radical (unpaired) electrons. The first-order valence-electron chi connectivity index (χ1n) is 6.07. The second-order valence-electron chi connectivity index (χ2n) is 4.25. The maximum atomic E-state index is 12.2. The van der Waals surface area contributed by atoms with Crippen molar-refractivity contribution in [3.05, 3.63) is 58.1 Å². The number of halogens is 3. The van der Waals surface area contributed by atoms with Crippen molar-refractivity contribution in [1.29, 1.82) is 0 Å². The normalized spacial score (nSPS) is 12.3. The lowest BCUT2D eigenvalue weighted by Gasteiger charge is -2.14. The summed E-state index contributed by atoms with van der Waals surface area (Å²) in [7, 11) is 1.54. The third-order valence-corrected chi connectivity index (χ3v) is 3.51. The van der Waals surface area contributed by atoms with Crippen molar-refractivity contribution in [3.8, 4) is 11.5 Å². The molecule has 2 rings (SSSR count). The summed E-state index contributed by atoms with van der Waals surface area (Å²) in [6.07, 6.45) is -0.951. The molecule has 0 aromatic heterocycles. The molecule has 2 aromatic rings. The lowest BCUT2D eigenvalue weighted by atomic mass is 10.0. The van der Waals surface area contributed by atoms with E-state index in [9.17, 15) is 13.9 Å². The van der Waals surface area contributed by atoms with Gasteiger partial charge in [0.05, 0.1) is 11.6 Å². The molecule has 21 heavy (non-hydrogen) atoms. The Hall–Kier alpha value is -1.66. The summed E-state index contributed by atoms with van der Waals surface area (Å²) in [5.41, 5.74) is 1.07. The van der Waals surface area contributed by atoms with E-state index in [0.717, 1.165) is 0 Å². The molecule has 0 saturated heterocycles. The number of benzene rings is 2. The summed E-state index contributed by atoms with van der Waals surface area (Å²) in [6, 6.07) is 11.1. The molecule has 1 N–H and O–H groups in total. The van der Waals surface area contributed by atoms with Crippen LogP contribution in [-0.2, 0) is 0 Å². The average Bonchev–Trinajstić information content (AvgIpc) is 2.46. The predicted octanol–water partition coefficient (Wildman–Crippen LogP) is 4.14. The Labute approximate surface area is 129 Å². The maximum Gasteiger partial charge on any atom is 0.387 e. The number of rotatable bonds is 5. The number of alkyl halides is 2. The Morgan fingerprint density at radius 2 is 1.81 bits per heavy atom. The van der Waals surface area contributed by atoms with Crippen LogP contribution in [-0.4, -0.2) is 18.8 Å². The first kappa shape index (κ1) is 15.7. The molecular weight excluding hydrogens is 346 g/mol. The molecule has 0 amide bonds. The van der Waals surface area contributed by atoms with Crippen LogP contribution < -0.4 is 9.47 Å². The van der Waals surface area contributed by atoms with Gasteiger partial charge in [-0.3, -0.25) is 0 Å². The van der Waals surface area contributed by atoms with Crippen molar-refractivity contribution in [1.82, 2.24) is 0 Å². The van der Waals surface area contributed by atoms with Crippen LogP contribution in [0.5, 0.6) is 11.5 Å². The highest BCUT2D eigenvalue weighted by Crippen LogP contribution is 2.31. The lowest BCUT2D eigenvalue weighted by molar-refractivity contribution is -0.0499. The molecule has 0 aliphatic carbocycles. The molecule has 6 heteroatoms. The highest BCUT2D eigenvalue weighted by Gasteiger charge is 2.14. The summed E-state index contributed by atoms with van der Waals surface area (Å²) < 4.78 is 34.6. The van der Waals surface area contributed by atoms with Crippen LogP contribution in [0.4, 0.5) is 8.78 Å². The molecule has 1 atom stereocenters. The Kier molecular flexibility index (Phi) is 5.14. The number of hydrogen-bond donors (Lipinski definition) is 1. The van der Waals surface area contributed by atoms with E-state index in [1.807, 2.05) is 0 Å². The molecule has 2 aromatic carbocycles. The molecule has 0 aliphatic rings. The van der Waals surface area contributed by atoms with Crippen LogP contribution in [0.3, 0.4) is 0 Å². The zero-order chi connectivity index (χ0) is 15.4. The second kappa shape index (κ2) is 6.87. The fraction of sp³-hybridized carbons (Fsp3) is 0.200. The molecule has 112 valence electrons. The number of ether oxygens (including phenoxy) is 2. The highest BCUT2D eigenvalue weighted by molar-refractivity contribution is 9.10. The molecule has 0 heterocycles. The fourth-order valence-electron chi connectivity index (χ4n) is 1.91. The number of methoxy groups -OCH3 is 1. The summed E-state index contributed by atoms with van der Waals surface area (Å²) in [6.45, 7) is -2.90. The average molecular weight is 359 g/mol. The van der Waals surface area contributed by atoms with Gasteiger partial charge in [-0.2, -0.15) is 8.78 Å². The molecule has 3 nitrogen and oxygen atoms in total. The zero-order valence-electron chi connectivity index (χ0n) is 11.1. The SMILES string of the molecule is COc1ccc(C(O)c2cccc(OC(F)F)c2)cc1Br. The molecule has 0 fully saturated rings. The van der Waals surface area contributed by atoms with E-state index >= 15 is 0 Å². The minimum absolute atomic E-state index is 0.00845. The highest BCUT2D eigenvalue weighted by atomic mass is 79.9. The van der Waals surface area contributed by atoms with Gasteiger partial charge in [0.2, 0.25) is 0 Å². The number of aliphatic hydroxyl groups is 1. The largest absolute Gasteiger partial charge is 0.496 e. The van der Waals surface area contributed by atoms with Crippen LogP contribution in [0, 0.1) is 0 Å². The number of aliphatic hydroxyl groups excluding tert-OH is 1. The lowest BCUT2D eigenvalue weighted by Crippen LogP contribution is -2.04. The quantitative estimate of drug-likeness (QED) is 0.872. The van der Waals surface area contributed by atoms with E-state index in [1.165, 1.54) is 12.1 Å². The minimum Gasteiger partial charge on any atom is -0.496 e. The summed E-state index contributed by atoms with van der Waals surface area (Å²) in [5.74, 6) is 0.648. The van der Waals surface area contributed by atoms with Gasteiger partial charge in [-0.05, 0) is 51.3 Å². The van der Waals surface area contributed by atoms with E-state index in [0.29, 0.717) is 21.3 Å². The van der Waals surface area contributed by atoms with Crippen LogP contribution >= 0.6 is 15.9 Å². The van der Waals surface area contributed by atoms with E-state index < -0.39 is 12.7 Å². The Morgan fingerprint density at radius 1 is 1.10 bits per heavy atom. The molecule has 0 bridgehead atoms. The van der Waals surface area contributed by atoms with E-state index in [-0.39, 0.29) is 5.75 Å². The maximum absolute atomic E-state index is 12.2. The van der Waals surface area contributed by atoms with E-state index in [2.05, 4.69) is 20.7 Å². The smallest absolute Gasteiger partial charge is 0.387 e. The van der Waals surface area contributed by atoms with Crippen LogP contribution in [0.15, 0.2) is 46.9 Å². The third kappa shape index (κ3) is 3.92. The first-order chi connectivity index (χ1) is 10.0. The van der Waals surface area contributed by atoms with Gasteiger partial charge in [0.1, 0.15) is 17.6 Å². The van der Waals surface area contributed by atoms with Crippen molar-refractivity contribution in [2.24, 2.45) is 0 Å². The monoisotopic (exact) mass is 358 g/mol. The first-order valence-corrected chi connectivity index (χ1v) is 6.87. The van der Waals surface area contributed by atoms with Crippen molar-refractivity contribution < 1.29 is 23.4 Å². The fourth-order valence-corrected chi connectivity index (χ4v) is 2.46. The minimum atomic E-state index is -2.90.